The summed E-state index contributed by atoms with van der Waals surface area (Å²) in [6.07, 6.45) is 15.0. The first kappa shape index (κ1) is 21.2. The Hall–Kier alpha value is -1.81. The molecule has 4 saturated heterocycles. The number of benzene rings is 2. The summed E-state index contributed by atoms with van der Waals surface area (Å²) in [5.41, 5.74) is 9.71. The van der Waals surface area contributed by atoms with Crippen LogP contribution in [0.4, 0.5) is 0 Å². The smallest absolute Gasteiger partial charge is 0.0712 e. The zero-order valence-corrected chi connectivity index (χ0v) is 21.6. The van der Waals surface area contributed by atoms with Crippen molar-refractivity contribution < 1.29 is 4.74 Å². The molecular formula is C33H35NOS. The van der Waals surface area contributed by atoms with Crippen LogP contribution in [0.1, 0.15) is 94.0 Å². The monoisotopic (exact) mass is 493 g/mol. The fourth-order valence-corrected chi connectivity index (χ4v) is 10.9. The first-order valence-corrected chi connectivity index (χ1v) is 15.5. The molecule has 4 aliphatic carbocycles. The lowest BCUT2D eigenvalue weighted by Crippen LogP contribution is -2.50. The van der Waals surface area contributed by atoms with Crippen molar-refractivity contribution in [1.82, 2.24) is 5.32 Å². The van der Waals surface area contributed by atoms with Gasteiger partial charge < -0.3 is 10.1 Å². The van der Waals surface area contributed by atoms with Crippen molar-refractivity contribution in [2.75, 3.05) is 18.9 Å². The maximum absolute atomic E-state index is 6.49. The average molecular weight is 494 g/mol. The van der Waals surface area contributed by atoms with Gasteiger partial charge in [-0.3, -0.25) is 0 Å². The predicted molar refractivity (Wildman–Crippen MR) is 147 cm³/mol. The van der Waals surface area contributed by atoms with Gasteiger partial charge in [0.2, 0.25) is 0 Å². The Morgan fingerprint density at radius 1 is 0.778 bits per heavy atom. The van der Waals surface area contributed by atoms with E-state index in [0.29, 0.717) is 52.9 Å². The van der Waals surface area contributed by atoms with Crippen molar-refractivity contribution in [2.24, 2.45) is 17.8 Å². The molecule has 2 aromatic rings. The predicted octanol–water partition coefficient (Wildman–Crippen LogP) is 7.13. The lowest BCUT2D eigenvalue weighted by Gasteiger charge is -2.52. The highest BCUT2D eigenvalue weighted by molar-refractivity contribution is 7.99. The number of fused-ring (bicyclic) bond motifs is 6. The maximum atomic E-state index is 6.49. The van der Waals surface area contributed by atoms with E-state index in [1.165, 1.54) is 38.0 Å². The SMILES string of the molecule is C1=CC2C3COC(C(c4ccc5c(c4)C4SCC5CC4c4ccc5c(c4)C4CCC5CN4)C3)C2C=C1. The van der Waals surface area contributed by atoms with Crippen LogP contribution >= 0.6 is 11.8 Å². The Balaban J connectivity index is 1.06. The first-order valence-electron chi connectivity index (χ1n) is 14.4. The number of allylic oxidation sites excluding steroid dienone is 3. The second-order valence-corrected chi connectivity index (χ2v) is 13.8. The number of hydrogen-bond donors (Lipinski definition) is 1. The molecular weight excluding hydrogens is 458 g/mol. The third-order valence-corrected chi connectivity index (χ3v) is 12.6. The van der Waals surface area contributed by atoms with Crippen LogP contribution in [0.15, 0.2) is 60.7 Å². The van der Waals surface area contributed by atoms with Gasteiger partial charge in [0, 0.05) is 41.3 Å². The summed E-state index contributed by atoms with van der Waals surface area (Å²) in [7, 11) is 0. The average Bonchev–Trinajstić information content (AvgIpc) is 2.98. The summed E-state index contributed by atoms with van der Waals surface area (Å²) in [6.45, 7) is 2.13. The fourth-order valence-electron chi connectivity index (χ4n) is 9.29. The summed E-state index contributed by atoms with van der Waals surface area (Å²) in [4.78, 5) is 0. The van der Waals surface area contributed by atoms with E-state index in [1.54, 1.807) is 33.4 Å². The Labute approximate surface area is 219 Å². The molecule has 0 amide bonds. The molecule has 1 N–H and O–H groups in total. The Morgan fingerprint density at radius 2 is 1.58 bits per heavy atom. The molecule has 6 aliphatic heterocycles. The minimum Gasteiger partial charge on any atom is -0.377 e. The molecule has 0 spiro atoms. The van der Waals surface area contributed by atoms with E-state index >= 15 is 0 Å². The first-order chi connectivity index (χ1) is 17.8. The van der Waals surface area contributed by atoms with Crippen LogP contribution in [0.2, 0.25) is 0 Å². The highest BCUT2D eigenvalue weighted by atomic mass is 32.2. The van der Waals surface area contributed by atoms with E-state index in [0.717, 1.165) is 12.5 Å². The van der Waals surface area contributed by atoms with Crippen LogP contribution in [-0.2, 0) is 4.74 Å². The summed E-state index contributed by atoms with van der Waals surface area (Å²) in [6, 6.07) is 15.9. The van der Waals surface area contributed by atoms with Crippen LogP contribution in [-0.4, -0.2) is 25.0 Å². The van der Waals surface area contributed by atoms with Crippen LogP contribution in [0.5, 0.6) is 0 Å². The zero-order valence-electron chi connectivity index (χ0n) is 20.8. The lowest BCUT2D eigenvalue weighted by molar-refractivity contribution is -0.123. The molecule has 10 atom stereocenters. The van der Waals surface area contributed by atoms with E-state index in [9.17, 15) is 0 Å². The summed E-state index contributed by atoms with van der Waals surface area (Å²) in [5.74, 6) is 5.84. The molecule has 184 valence electrons. The highest BCUT2D eigenvalue weighted by Crippen LogP contribution is 2.60. The topological polar surface area (TPSA) is 21.3 Å². The standard InChI is InChI=1S/C33H35NOS/c1-2-4-26-23(3-1)21-13-27(32(26)35-16-21)18-5-9-25-22-14-28(33(36-17-22)30(25)12-18)19-6-8-24-20-7-10-31(34-15-20)29(24)11-19/h1-6,8-9,11-12,20-23,26-28,31-34H,7,10,13-17H2. The second-order valence-electron chi connectivity index (χ2n) is 12.6. The molecule has 2 aromatic carbocycles. The molecule has 5 fully saturated rings. The number of rotatable bonds is 2. The van der Waals surface area contributed by atoms with Crippen molar-refractivity contribution in [3.8, 4) is 0 Å². The minimum absolute atomic E-state index is 0.340. The summed E-state index contributed by atoms with van der Waals surface area (Å²) < 4.78 is 6.49. The molecule has 1 saturated carbocycles. The molecule has 3 heteroatoms. The van der Waals surface area contributed by atoms with Gasteiger partial charge in [-0.2, -0.15) is 11.8 Å². The van der Waals surface area contributed by atoms with Crippen molar-refractivity contribution in [1.29, 1.82) is 0 Å². The van der Waals surface area contributed by atoms with E-state index in [1.807, 2.05) is 0 Å². The van der Waals surface area contributed by atoms with E-state index in [2.05, 4.69) is 77.8 Å². The molecule has 36 heavy (non-hydrogen) atoms. The number of hydrogen-bond acceptors (Lipinski definition) is 3. The number of thioether (sulfide) groups is 1. The third kappa shape index (κ3) is 2.94. The summed E-state index contributed by atoms with van der Waals surface area (Å²) in [5, 5.41) is 4.41. The van der Waals surface area contributed by atoms with Crippen molar-refractivity contribution in [3.63, 3.8) is 0 Å². The van der Waals surface area contributed by atoms with E-state index < -0.39 is 0 Å². The second kappa shape index (κ2) is 7.85. The van der Waals surface area contributed by atoms with Gasteiger partial charge >= 0.3 is 0 Å². The molecule has 6 heterocycles. The molecule has 0 radical (unpaired) electrons. The van der Waals surface area contributed by atoms with Gasteiger partial charge in [0.15, 0.2) is 0 Å². The van der Waals surface area contributed by atoms with Crippen molar-refractivity contribution in [2.45, 2.75) is 66.8 Å². The molecule has 0 aromatic heterocycles. The van der Waals surface area contributed by atoms with Gasteiger partial charge in [-0.1, -0.05) is 60.7 Å². The molecule has 10 aliphatic rings. The Bertz CT molecular complexity index is 1290. The van der Waals surface area contributed by atoms with Crippen LogP contribution < -0.4 is 5.32 Å². The van der Waals surface area contributed by atoms with E-state index in [4.69, 9.17) is 4.74 Å². The largest absolute Gasteiger partial charge is 0.377 e. The van der Waals surface area contributed by atoms with E-state index in [-0.39, 0.29) is 0 Å². The van der Waals surface area contributed by atoms with Gasteiger partial charge in [0.25, 0.3) is 0 Å². The number of piperidine rings is 1. The van der Waals surface area contributed by atoms with Gasteiger partial charge in [-0.15, -0.1) is 0 Å². The lowest BCUT2D eigenvalue weighted by atomic mass is 9.61. The van der Waals surface area contributed by atoms with Crippen LogP contribution in [0, 0.1) is 17.8 Å². The normalized spacial score (nSPS) is 42.8. The molecule has 2 nitrogen and oxygen atoms in total. The van der Waals surface area contributed by atoms with Gasteiger partial charge in [0.05, 0.1) is 12.7 Å². The number of ether oxygens (including phenoxy) is 1. The molecule has 10 unspecified atom stereocenters. The fraction of sp³-hybridized carbons (Fsp3) is 0.515. The van der Waals surface area contributed by atoms with Crippen LogP contribution in [0.25, 0.3) is 0 Å². The quantitative estimate of drug-likeness (QED) is 0.481. The minimum atomic E-state index is 0.340. The number of nitrogens with one attached hydrogen (secondary N) is 1. The Morgan fingerprint density at radius 3 is 2.44 bits per heavy atom. The Kier molecular flexibility index (Phi) is 4.61. The third-order valence-electron chi connectivity index (χ3n) is 11.0. The molecule has 12 rings (SSSR count). The summed E-state index contributed by atoms with van der Waals surface area (Å²) >= 11 is 2.23. The van der Waals surface area contributed by atoms with Crippen LogP contribution in [0.3, 0.4) is 0 Å². The van der Waals surface area contributed by atoms with Crippen molar-refractivity contribution >= 4 is 11.8 Å². The molecule has 6 bridgehead atoms. The van der Waals surface area contributed by atoms with Crippen molar-refractivity contribution in [3.05, 3.63) is 94.1 Å². The van der Waals surface area contributed by atoms with Gasteiger partial charge in [-0.25, -0.2) is 0 Å². The highest BCUT2D eigenvalue weighted by Gasteiger charge is 2.49. The zero-order chi connectivity index (χ0) is 23.4. The van der Waals surface area contributed by atoms with Gasteiger partial charge in [-0.05, 0) is 82.7 Å². The van der Waals surface area contributed by atoms with Gasteiger partial charge in [0.1, 0.15) is 0 Å². The maximum Gasteiger partial charge on any atom is 0.0712 e.